The van der Waals surface area contributed by atoms with Crippen molar-refractivity contribution in [1.82, 2.24) is 19.5 Å². The maximum absolute atomic E-state index is 12.6. The van der Waals surface area contributed by atoms with Gasteiger partial charge in [0.1, 0.15) is 5.69 Å². The first-order valence-corrected chi connectivity index (χ1v) is 9.64. The molecule has 0 bridgehead atoms. The summed E-state index contributed by atoms with van der Waals surface area (Å²) in [7, 11) is 1.90. The van der Waals surface area contributed by atoms with E-state index in [0.29, 0.717) is 17.0 Å². The van der Waals surface area contributed by atoms with Gasteiger partial charge < -0.3 is 4.57 Å². The summed E-state index contributed by atoms with van der Waals surface area (Å²) in [6.45, 7) is 2.01. The van der Waals surface area contributed by atoms with E-state index in [0.717, 1.165) is 16.1 Å². The number of hydrogen-bond donors (Lipinski definition) is 0. The van der Waals surface area contributed by atoms with E-state index >= 15 is 0 Å². The van der Waals surface area contributed by atoms with Crippen molar-refractivity contribution in [3.05, 3.63) is 58.1 Å². The Bertz CT molecular complexity index is 952. The molecule has 0 unspecified atom stereocenters. The van der Waals surface area contributed by atoms with Crippen LogP contribution in [0.3, 0.4) is 0 Å². The van der Waals surface area contributed by atoms with E-state index in [1.54, 1.807) is 30.2 Å². The lowest BCUT2D eigenvalue weighted by Crippen LogP contribution is -2.09. The number of carbonyl (C=O) groups excluding carboxylic acids is 1. The Morgan fingerprint density at radius 2 is 2.11 bits per heavy atom. The van der Waals surface area contributed by atoms with Gasteiger partial charge >= 0.3 is 6.18 Å². The molecule has 0 aliphatic rings. The highest BCUT2D eigenvalue weighted by atomic mass is 32.2. The predicted molar refractivity (Wildman–Crippen MR) is 96.9 cm³/mol. The van der Waals surface area contributed by atoms with Crippen molar-refractivity contribution in [2.75, 3.05) is 0 Å². The highest BCUT2D eigenvalue weighted by Crippen LogP contribution is 2.34. The minimum atomic E-state index is -4.54. The van der Waals surface area contributed by atoms with E-state index in [-0.39, 0.29) is 17.4 Å². The number of thiazole rings is 1. The zero-order valence-electron chi connectivity index (χ0n) is 14.4. The van der Waals surface area contributed by atoms with Gasteiger partial charge in [-0.15, -0.1) is 11.3 Å². The van der Waals surface area contributed by atoms with Crippen LogP contribution in [0.15, 0.2) is 41.3 Å². The summed E-state index contributed by atoms with van der Waals surface area (Å²) < 4.78 is 39.8. The molecule has 3 heterocycles. The molecule has 3 rings (SSSR count). The van der Waals surface area contributed by atoms with E-state index in [1.165, 1.54) is 0 Å². The number of alkyl halides is 3. The van der Waals surface area contributed by atoms with Crippen LogP contribution in [0, 0.1) is 0 Å². The number of Topliss-reactive ketones (excluding diaryl/α,β-unsaturated/α-hetero) is 1. The maximum Gasteiger partial charge on any atom is 0.443 e. The minimum absolute atomic E-state index is 0.0686. The summed E-state index contributed by atoms with van der Waals surface area (Å²) in [5, 5.41) is 1.04. The summed E-state index contributed by atoms with van der Waals surface area (Å²) in [4.78, 5) is 24.1. The molecule has 0 radical (unpaired) electrons. The number of halogens is 3. The van der Waals surface area contributed by atoms with E-state index in [1.807, 2.05) is 30.8 Å². The topological polar surface area (TPSA) is 60.7 Å². The first-order valence-electron chi connectivity index (χ1n) is 7.89. The fourth-order valence-corrected chi connectivity index (χ4v) is 3.96. The van der Waals surface area contributed by atoms with E-state index in [2.05, 4.69) is 15.0 Å². The van der Waals surface area contributed by atoms with Gasteiger partial charge in [-0.3, -0.25) is 9.78 Å². The molecule has 0 spiro atoms. The van der Waals surface area contributed by atoms with Crippen LogP contribution in [0.4, 0.5) is 13.2 Å². The van der Waals surface area contributed by atoms with Gasteiger partial charge in [-0.1, -0.05) is 11.8 Å². The van der Waals surface area contributed by atoms with Gasteiger partial charge in [-0.2, -0.15) is 13.2 Å². The average molecular weight is 412 g/mol. The van der Waals surface area contributed by atoms with Gasteiger partial charge in [0.2, 0.25) is 0 Å². The molecule has 3 aromatic heterocycles. The average Bonchev–Trinajstić information content (AvgIpc) is 3.25. The summed E-state index contributed by atoms with van der Waals surface area (Å²) >= 11 is 1.98. The van der Waals surface area contributed by atoms with Gasteiger partial charge in [0.15, 0.2) is 15.9 Å². The summed E-state index contributed by atoms with van der Waals surface area (Å²) in [6.07, 6.45) is 0.521. The Hall–Kier alpha value is -2.20. The largest absolute Gasteiger partial charge is 0.443 e. The first-order chi connectivity index (χ1) is 12.7. The molecule has 1 atom stereocenters. The number of rotatable bonds is 6. The second-order valence-electron chi connectivity index (χ2n) is 5.80. The highest BCUT2D eigenvalue weighted by molar-refractivity contribution is 7.99. The Labute approximate surface area is 161 Å². The lowest BCUT2D eigenvalue weighted by atomic mass is 10.1. The van der Waals surface area contributed by atoms with Crippen LogP contribution in [0.25, 0.3) is 0 Å². The van der Waals surface area contributed by atoms with Gasteiger partial charge in [-0.05, 0) is 24.6 Å². The molecular weight excluding hydrogens is 397 g/mol. The van der Waals surface area contributed by atoms with Crippen molar-refractivity contribution in [3.8, 4) is 0 Å². The second-order valence-corrected chi connectivity index (χ2v) is 7.96. The van der Waals surface area contributed by atoms with Crippen LogP contribution in [0.5, 0.6) is 0 Å². The van der Waals surface area contributed by atoms with Crippen molar-refractivity contribution in [2.45, 2.75) is 29.9 Å². The monoisotopic (exact) mass is 412 g/mol. The maximum atomic E-state index is 12.6. The van der Waals surface area contributed by atoms with E-state index in [9.17, 15) is 18.0 Å². The number of carbonyl (C=O) groups is 1. The molecule has 142 valence electrons. The standard InChI is InChI=1S/C17H15F3N4OS2/c1-10(27-16-22-5-6-24(16)2)11-3-4-21-12(7-11)8-14(25)13-9-26-15(23-13)17(18,19)20/h3-7,9-10H,8H2,1-2H3/t10-/m0/s1. The van der Waals surface area contributed by atoms with Crippen LogP contribution in [-0.2, 0) is 19.6 Å². The van der Waals surface area contributed by atoms with Gasteiger partial charge in [0.25, 0.3) is 0 Å². The molecule has 0 aromatic carbocycles. The molecule has 0 N–H and O–H groups in total. The Morgan fingerprint density at radius 3 is 2.74 bits per heavy atom. The Kier molecular flexibility index (Phi) is 5.66. The molecule has 0 saturated carbocycles. The molecular formula is C17H15F3N4OS2. The first kappa shape index (κ1) is 19.6. The SMILES string of the molecule is C[C@H](Sc1nccn1C)c1ccnc(CC(=O)c2csc(C(F)(F)F)n2)c1. The number of nitrogens with zero attached hydrogens (tertiary/aromatic N) is 4. The second kappa shape index (κ2) is 7.81. The fraction of sp³-hybridized carbons (Fsp3) is 0.294. The van der Waals surface area contributed by atoms with Gasteiger partial charge in [0.05, 0.1) is 6.42 Å². The lowest BCUT2D eigenvalue weighted by molar-refractivity contribution is -0.137. The quantitative estimate of drug-likeness (QED) is 0.438. The predicted octanol–water partition coefficient (Wildman–Crippen LogP) is 4.57. The number of imidazole rings is 1. The Balaban J connectivity index is 1.71. The van der Waals surface area contributed by atoms with E-state index < -0.39 is 17.0 Å². The van der Waals surface area contributed by atoms with Gasteiger partial charge in [-0.25, -0.2) is 9.97 Å². The summed E-state index contributed by atoms with van der Waals surface area (Å²) in [5.41, 5.74) is 1.26. The number of thioether (sulfide) groups is 1. The van der Waals surface area contributed by atoms with Crippen LogP contribution in [0.1, 0.15) is 38.9 Å². The molecule has 0 aliphatic heterocycles. The summed E-state index contributed by atoms with van der Waals surface area (Å²) in [5.74, 6) is -0.490. The number of pyridine rings is 1. The molecule has 27 heavy (non-hydrogen) atoms. The van der Waals surface area contributed by atoms with Gasteiger partial charge in [0, 0.05) is 42.0 Å². The molecule has 0 amide bonds. The van der Waals surface area contributed by atoms with Crippen molar-refractivity contribution in [2.24, 2.45) is 7.05 Å². The van der Waals surface area contributed by atoms with Crippen LogP contribution >= 0.6 is 23.1 Å². The third kappa shape index (κ3) is 4.75. The van der Waals surface area contributed by atoms with Crippen LogP contribution < -0.4 is 0 Å². The van der Waals surface area contributed by atoms with Crippen molar-refractivity contribution < 1.29 is 18.0 Å². The third-order valence-electron chi connectivity index (χ3n) is 3.74. The van der Waals surface area contributed by atoms with Crippen LogP contribution in [-0.4, -0.2) is 25.3 Å². The lowest BCUT2D eigenvalue weighted by Gasteiger charge is -2.12. The molecule has 5 nitrogen and oxygen atoms in total. The Morgan fingerprint density at radius 1 is 1.33 bits per heavy atom. The molecule has 0 fully saturated rings. The number of aromatic nitrogens is 4. The number of hydrogen-bond acceptors (Lipinski definition) is 6. The van der Waals surface area contributed by atoms with Crippen molar-refractivity contribution in [3.63, 3.8) is 0 Å². The summed E-state index contributed by atoms with van der Waals surface area (Å²) in [6, 6.07) is 3.63. The van der Waals surface area contributed by atoms with Crippen molar-refractivity contribution >= 4 is 28.9 Å². The molecule has 0 saturated heterocycles. The zero-order valence-corrected chi connectivity index (χ0v) is 16.0. The highest BCUT2D eigenvalue weighted by Gasteiger charge is 2.35. The number of ketones is 1. The van der Waals surface area contributed by atoms with Crippen molar-refractivity contribution in [1.29, 1.82) is 0 Å². The molecule has 10 heteroatoms. The minimum Gasteiger partial charge on any atom is -0.329 e. The molecule has 0 aliphatic carbocycles. The zero-order chi connectivity index (χ0) is 19.6. The molecule has 3 aromatic rings. The normalized spacial score (nSPS) is 12.9. The van der Waals surface area contributed by atoms with Crippen LogP contribution in [0.2, 0.25) is 0 Å². The smallest absolute Gasteiger partial charge is 0.329 e. The third-order valence-corrected chi connectivity index (χ3v) is 5.86. The van der Waals surface area contributed by atoms with E-state index in [4.69, 9.17) is 0 Å². The number of aryl methyl sites for hydroxylation is 1. The fourth-order valence-electron chi connectivity index (χ4n) is 2.33.